The Kier molecular flexibility index (Phi) is 3.93. The fourth-order valence-corrected chi connectivity index (χ4v) is 1.88. The van der Waals surface area contributed by atoms with E-state index in [-0.39, 0.29) is 24.0 Å². The predicted molar refractivity (Wildman–Crippen MR) is 50.0 cm³/mol. The number of carbonyl (C=O) groups excluding carboxylic acids is 2. The molecular weight excluding hydrogens is 166 g/mol. The van der Waals surface area contributed by atoms with Crippen LogP contribution in [0.1, 0.15) is 44.9 Å². The van der Waals surface area contributed by atoms with Crippen molar-refractivity contribution in [2.75, 3.05) is 0 Å². The molecule has 74 valence electrons. The molecule has 1 amide bonds. The third kappa shape index (κ3) is 3.57. The lowest BCUT2D eigenvalue weighted by Crippen LogP contribution is -2.20. The molecule has 3 heteroatoms. The molecule has 0 spiro atoms. The average molecular weight is 183 g/mol. The zero-order chi connectivity index (χ0) is 9.68. The van der Waals surface area contributed by atoms with Gasteiger partial charge in [-0.05, 0) is 12.8 Å². The van der Waals surface area contributed by atoms with Crippen LogP contribution in [0.15, 0.2) is 0 Å². The lowest BCUT2D eigenvalue weighted by Gasteiger charge is -2.19. The van der Waals surface area contributed by atoms with E-state index >= 15 is 0 Å². The smallest absolute Gasteiger partial charge is 0.217 e. The molecule has 0 unspecified atom stereocenters. The van der Waals surface area contributed by atoms with Crippen LogP contribution in [0.3, 0.4) is 0 Å². The molecule has 0 heterocycles. The average Bonchev–Trinajstić information content (AvgIpc) is 2.15. The Morgan fingerprint density at radius 1 is 1.08 bits per heavy atom. The number of hydrogen-bond donors (Lipinski definition) is 1. The van der Waals surface area contributed by atoms with Crippen molar-refractivity contribution >= 4 is 11.7 Å². The molecule has 0 aromatic heterocycles. The van der Waals surface area contributed by atoms with Gasteiger partial charge in [0.1, 0.15) is 5.78 Å². The first-order valence-corrected chi connectivity index (χ1v) is 5.01. The van der Waals surface area contributed by atoms with Crippen LogP contribution in [0.25, 0.3) is 0 Å². The van der Waals surface area contributed by atoms with Gasteiger partial charge in [0.05, 0.1) is 0 Å². The van der Waals surface area contributed by atoms with Crippen LogP contribution in [-0.4, -0.2) is 11.7 Å². The van der Waals surface area contributed by atoms with E-state index in [1.165, 1.54) is 6.42 Å². The van der Waals surface area contributed by atoms with Crippen molar-refractivity contribution in [3.63, 3.8) is 0 Å². The first kappa shape index (κ1) is 10.2. The van der Waals surface area contributed by atoms with Gasteiger partial charge in [-0.2, -0.15) is 0 Å². The molecule has 3 nitrogen and oxygen atoms in total. The second kappa shape index (κ2) is 5.00. The highest BCUT2D eigenvalue weighted by Gasteiger charge is 2.20. The monoisotopic (exact) mass is 183 g/mol. The molecule has 0 radical (unpaired) electrons. The third-order valence-electron chi connectivity index (χ3n) is 2.68. The maximum absolute atomic E-state index is 11.5. The quantitative estimate of drug-likeness (QED) is 0.716. The van der Waals surface area contributed by atoms with Gasteiger partial charge in [-0.1, -0.05) is 19.3 Å². The molecule has 1 saturated carbocycles. The normalized spacial score (nSPS) is 18.5. The fraction of sp³-hybridized carbons (Fsp3) is 0.800. The van der Waals surface area contributed by atoms with Crippen LogP contribution in [0.4, 0.5) is 0 Å². The van der Waals surface area contributed by atoms with E-state index in [2.05, 4.69) is 0 Å². The maximum Gasteiger partial charge on any atom is 0.217 e. The van der Waals surface area contributed by atoms with Crippen molar-refractivity contribution in [2.45, 2.75) is 44.9 Å². The molecule has 1 aliphatic carbocycles. The SMILES string of the molecule is NC(=O)CCC(=O)C1CCCCC1. The Morgan fingerprint density at radius 3 is 2.23 bits per heavy atom. The van der Waals surface area contributed by atoms with Crippen LogP contribution >= 0.6 is 0 Å². The Labute approximate surface area is 78.7 Å². The number of hydrogen-bond acceptors (Lipinski definition) is 2. The van der Waals surface area contributed by atoms with Crippen molar-refractivity contribution in [1.82, 2.24) is 0 Å². The predicted octanol–water partition coefficient (Wildman–Crippen LogP) is 1.40. The standard InChI is InChI=1S/C10H17NO2/c11-10(13)7-6-9(12)8-4-2-1-3-5-8/h8H,1-7H2,(H2,11,13). The molecule has 0 saturated heterocycles. The highest BCUT2D eigenvalue weighted by molar-refractivity contribution is 5.85. The minimum atomic E-state index is -0.371. The van der Waals surface area contributed by atoms with Gasteiger partial charge in [0.2, 0.25) is 5.91 Å². The van der Waals surface area contributed by atoms with Crippen LogP contribution < -0.4 is 5.73 Å². The van der Waals surface area contributed by atoms with Crippen molar-refractivity contribution in [3.8, 4) is 0 Å². The largest absolute Gasteiger partial charge is 0.370 e. The summed E-state index contributed by atoms with van der Waals surface area (Å²) in [5, 5.41) is 0. The first-order chi connectivity index (χ1) is 6.20. The second-order valence-corrected chi connectivity index (χ2v) is 3.77. The summed E-state index contributed by atoms with van der Waals surface area (Å²) in [6.07, 6.45) is 6.16. The lowest BCUT2D eigenvalue weighted by atomic mass is 9.85. The van der Waals surface area contributed by atoms with Crippen LogP contribution in [-0.2, 0) is 9.59 Å². The summed E-state index contributed by atoms with van der Waals surface area (Å²) in [7, 11) is 0. The number of ketones is 1. The van der Waals surface area contributed by atoms with Crippen molar-refractivity contribution in [2.24, 2.45) is 11.7 Å². The Morgan fingerprint density at radius 2 is 1.69 bits per heavy atom. The number of carbonyl (C=O) groups is 2. The molecular formula is C10H17NO2. The summed E-state index contributed by atoms with van der Waals surface area (Å²) in [5.74, 6) is 0.0794. The summed E-state index contributed by atoms with van der Waals surface area (Å²) in [5.41, 5.74) is 4.98. The number of nitrogens with two attached hydrogens (primary N) is 1. The van der Waals surface area contributed by atoms with Gasteiger partial charge in [-0.15, -0.1) is 0 Å². The minimum Gasteiger partial charge on any atom is -0.370 e. The van der Waals surface area contributed by atoms with E-state index < -0.39 is 0 Å². The zero-order valence-corrected chi connectivity index (χ0v) is 7.92. The molecule has 0 aromatic rings. The van der Waals surface area contributed by atoms with Gasteiger partial charge in [0.15, 0.2) is 0 Å². The van der Waals surface area contributed by atoms with E-state index in [4.69, 9.17) is 5.73 Å². The summed E-state index contributed by atoms with van der Waals surface area (Å²) in [6.45, 7) is 0. The molecule has 0 bridgehead atoms. The highest BCUT2D eigenvalue weighted by atomic mass is 16.1. The van der Waals surface area contributed by atoms with E-state index in [0.717, 1.165) is 25.7 Å². The Bertz CT molecular complexity index is 195. The van der Waals surface area contributed by atoms with Crippen LogP contribution in [0.2, 0.25) is 0 Å². The highest BCUT2D eigenvalue weighted by Crippen LogP contribution is 2.25. The molecule has 1 fully saturated rings. The zero-order valence-electron chi connectivity index (χ0n) is 7.92. The number of primary amides is 1. The topological polar surface area (TPSA) is 60.2 Å². The van der Waals surface area contributed by atoms with Crippen LogP contribution in [0.5, 0.6) is 0 Å². The summed E-state index contributed by atoms with van der Waals surface area (Å²) >= 11 is 0. The number of rotatable bonds is 4. The first-order valence-electron chi connectivity index (χ1n) is 5.01. The van der Waals surface area contributed by atoms with Gasteiger partial charge in [0.25, 0.3) is 0 Å². The summed E-state index contributed by atoms with van der Waals surface area (Å²) in [4.78, 5) is 22.0. The second-order valence-electron chi connectivity index (χ2n) is 3.77. The van der Waals surface area contributed by atoms with Gasteiger partial charge >= 0.3 is 0 Å². The number of amides is 1. The van der Waals surface area contributed by atoms with Crippen molar-refractivity contribution in [1.29, 1.82) is 0 Å². The maximum atomic E-state index is 11.5. The Balaban J connectivity index is 2.25. The molecule has 0 aromatic carbocycles. The van der Waals surface area contributed by atoms with Crippen molar-refractivity contribution in [3.05, 3.63) is 0 Å². The molecule has 2 N–H and O–H groups in total. The molecule has 13 heavy (non-hydrogen) atoms. The van der Waals surface area contributed by atoms with Gasteiger partial charge in [-0.3, -0.25) is 9.59 Å². The molecule has 1 rings (SSSR count). The van der Waals surface area contributed by atoms with Gasteiger partial charge < -0.3 is 5.73 Å². The Hall–Kier alpha value is -0.860. The van der Waals surface area contributed by atoms with E-state index in [0.29, 0.717) is 6.42 Å². The van der Waals surface area contributed by atoms with Crippen LogP contribution in [0, 0.1) is 5.92 Å². The van der Waals surface area contributed by atoms with Gasteiger partial charge in [0, 0.05) is 18.8 Å². The number of Topliss-reactive ketones (excluding diaryl/α,β-unsaturated/α-hetero) is 1. The van der Waals surface area contributed by atoms with E-state index in [9.17, 15) is 9.59 Å². The fourth-order valence-electron chi connectivity index (χ4n) is 1.88. The minimum absolute atomic E-state index is 0.216. The summed E-state index contributed by atoms with van der Waals surface area (Å²) < 4.78 is 0. The molecule has 0 atom stereocenters. The van der Waals surface area contributed by atoms with E-state index in [1.807, 2.05) is 0 Å². The molecule has 0 aliphatic heterocycles. The van der Waals surface area contributed by atoms with Crippen molar-refractivity contribution < 1.29 is 9.59 Å². The summed E-state index contributed by atoms with van der Waals surface area (Å²) in [6, 6.07) is 0. The van der Waals surface area contributed by atoms with E-state index in [1.54, 1.807) is 0 Å². The third-order valence-corrected chi connectivity index (χ3v) is 2.68. The lowest BCUT2D eigenvalue weighted by molar-refractivity contribution is -0.126. The van der Waals surface area contributed by atoms with Gasteiger partial charge in [-0.25, -0.2) is 0 Å². The molecule has 1 aliphatic rings.